The third kappa shape index (κ3) is 3.78. The summed E-state index contributed by atoms with van der Waals surface area (Å²) in [5.74, 6) is -2.80. The number of allylic oxidation sites excluding steroid dienone is 6. The molecule has 0 saturated carbocycles. The summed E-state index contributed by atoms with van der Waals surface area (Å²) in [6, 6.07) is 6.67. The van der Waals surface area contributed by atoms with Crippen LogP contribution in [0.15, 0.2) is 64.1 Å². The zero-order valence-corrected chi connectivity index (χ0v) is 22.5. The molecule has 1 aromatic heterocycles. The van der Waals surface area contributed by atoms with Crippen molar-refractivity contribution in [2.75, 3.05) is 14.2 Å². The molecule has 2 heterocycles. The van der Waals surface area contributed by atoms with Crippen LogP contribution in [0.4, 0.5) is 0 Å². The lowest BCUT2D eigenvalue weighted by atomic mass is 9.59. The number of Topliss-reactive ketones (excluding diaryl/α,β-unsaturated/α-hetero) is 1. The number of amides is 2. The number of rotatable bonds is 5. The van der Waals surface area contributed by atoms with Gasteiger partial charge in [-0.25, -0.2) is 0 Å². The Bertz CT molecular complexity index is 1510. The number of hydrogen-bond donors (Lipinski definition) is 1. The van der Waals surface area contributed by atoms with Gasteiger partial charge in [0.05, 0.1) is 32.6 Å². The second-order valence-corrected chi connectivity index (χ2v) is 11.4. The van der Waals surface area contributed by atoms with Crippen LogP contribution in [-0.2, 0) is 25.7 Å². The van der Waals surface area contributed by atoms with E-state index >= 15 is 0 Å². The minimum absolute atomic E-state index is 0.0747. The van der Waals surface area contributed by atoms with Gasteiger partial charge < -0.3 is 14.6 Å². The van der Waals surface area contributed by atoms with Gasteiger partial charge in [0.1, 0.15) is 17.2 Å². The first-order valence-corrected chi connectivity index (χ1v) is 13.7. The maximum absolute atomic E-state index is 13.9. The first-order valence-electron chi connectivity index (χ1n) is 12.8. The lowest BCUT2D eigenvalue weighted by Gasteiger charge is -2.42. The number of hydrogen-bond acceptors (Lipinski definition) is 8. The Morgan fingerprint density at radius 3 is 2.41 bits per heavy atom. The zero-order valence-electron chi connectivity index (χ0n) is 21.7. The summed E-state index contributed by atoms with van der Waals surface area (Å²) in [5, 5.41) is 12.2. The van der Waals surface area contributed by atoms with Crippen LogP contribution in [0.25, 0.3) is 0 Å². The lowest BCUT2D eigenvalue weighted by Crippen LogP contribution is -2.40. The molecular formula is C30H27NO7S. The lowest BCUT2D eigenvalue weighted by molar-refractivity contribution is -0.140. The van der Waals surface area contributed by atoms with E-state index in [-0.39, 0.29) is 42.1 Å². The summed E-state index contributed by atoms with van der Waals surface area (Å²) < 4.78 is 11.3. The van der Waals surface area contributed by atoms with Crippen molar-refractivity contribution in [3.05, 3.63) is 74.5 Å². The summed E-state index contributed by atoms with van der Waals surface area (Å²) in [6.07, 6.45) is 3.85. The summed E-state index contributed by atoms with van der Waals surface area (Å²) in [6.45, 7) is 1.84. The van der Waals surface area contributed by atoms with Crippen LogP contribution in [0.1, 0.15) is 36.1 Å². The molecule has 0 spiro atoms. The van der Waals surface area contributed by atoms with Crippen LogP contribution in [0.3, 0.4) is 0 Å². The van der Waals surface area contributed by atoms with Crippen LogP contribution in [0.5, 0.6) is 17.2 Å². The molecule has 3 aliphatic carbocycles. The van der Waals surface area contributed by atoms with Crippen LogP contribution >= 0.6 is 11.3 Å². The molecule has 0 radical (unpaired) electrons. The van der Waals surface area contributed by atoms with E-state index < -0.39 is 23.7 Å². The number of ether oxygens (including phenoxy) is 2. The van der Waals surface area contributed by atoms with Gasteiger partial charge in [0, 0.05) is 45.2 Å². The predicted molar refractivity (Wildman–Crippen MR) is 142 cm³/mol. The first kappa shape index (κ1) is 25.3. The largest absolute Gasteiger partial charge is 0.508 e. The highest BCUT2D eigenvalue weighted by atomic mass is 32.1. The Kier molecular flexibility index (Phi) is 6.06. The van der Waals surface area contributed by atoms with Gasteiger partial charge in [-0.15, -0.1) is 11.3 Å². The second-order valence-electron chi connectivity index (χ2n) is 10.3. The van der Waals surface area contributed by atoms with E-state index in [1.165, 1.54) is 48.7 Å². The Morgan fingerprint density at radius 1 is 1.05 bits per heavy atom. The number of likely N-dealkylation sites (tertiary alicyclic amines) is 1. The second kappa shape index (κ2) is 9.34. The molecule has 1 aliphatic heterocycles. The number of thiophene rings is 1. The fourth-order valence-electron chi connectivity index (χ4n) is 6.70. The minimum Gasteiger partial charge on any atom is -0.508 e. The van der Waals surface area contributed by atoms with E-state index in [0.717, 1.165) is 10.5 Å². The first-order chi connectivity index (χ1) is 18.7. The van der Waals surface area contributed by atoms with Crippen molar-refractivity contribution in [3.8, 4) is 17.2 Å². The Balaban J connectivity index is 1.52. The van der Waals surface area contributed by atoms with Gasteiger partial charge in [-0.3, -0.25) is 24.1 Å². The van der Waals surface area contributed by atoms with Gasteiger partial charge in [-0.1, -0.05) is 17.7 Å². The van der Waals surface area contributed by atoms with Crippen LogP contribution in [0, 0.1) is 17.8 Å². The van der Waals surface area contributed by atoms with Crippen LogP contribution in [-0.4, -0.2) is 47.6 Å². The maximum atomic E-state index is 13.9. The third-order valence-corrected chi connectivity index (χ3v) is 9.23. The quantitative estimate of drug-likeness (QED) is 0.342. The highest BCUT2D eigenvalue weighted by Gasteiger charge is 2.56. The SMILES string of the molecule is COc1cc(O)cc(OC)c1[C@H]1C2=CC[C@@H]3C(=O)N(Cc4cccs4)C(=O)[C@@H]3[C@@H]2CC2=C1C(=O)C=C(C)C2=O. The molecule has 39 heavy (non-hydrogen) atoms. The van der Waals surface area contributed by atoms with Gasteiger partial charge in [0.2, 0.25) is 11.8 Å². The van der Waals surface area contributed by atoms with E-state index in [0.29, 0.717) is 40.2 Å². The zero-order chi connectivity index (χ0) is 27.6. The topological polar surface area (TPSA) is 110 Å². The molecule has 9 heteroatoms. The molecule has 2 aromatic rings. The molecule has 4 atom stereocenters. The highest BCUT2D eigenvalue weighted by molar-refractivity contribution is 7.09. The minimum atomic E-state index is -0.736. The molecule has 6 rings (SSSR count). The third-order valence-electron chi connectivity index (χ3n) is 8.36. The molecule has 1 N–H and O–H groups in total. The normalized spacial score (nSPS) is 26.2. The highest BCUT2D eigenvalue weighted by Crippen LogP contribution is 2.58. The molecule has 4 aliphatic rings. The van der Waals surface area contributed by atoms with Crippen molar-refractivity contribution >= 4 is 34.7 Å². The number of carbonyl (C=O) groups is 4. The van der Waals surface area contributed by atoms with Gasteiger partial charge in [0.25, 0.3) is 0 Å². The van der Waals surface area contributed by atoms with Crippen molar-refractivity contribution in [2.24, 2.45) is 17.8 Å². The Labute approximate surface area is 229 Å². The number of phenolic OH excluding ortho intramolecular Hbond substituents is 1. The van der Waals surface area contributed by atoms with E-state index in [9.17, 15) is 24.3 Å². The van der Waals surface area contributed by atoms with Crippen molar-refractivity contribution in [1.29, 1.82) is 0 Å². The van der Waals surface area contributed by atoms with Crippen molar-refractivity contribution in [3.63, 3.8) is 0 Å². The van der Waals surface area contributed by atoms with Crippen LogP contribution < -0.4 is 9.47 Å². The van der Waals surface area contributed by atoms with Gasteiger partial charge in [-0.05, 0) is 43.2 Å². The molecule has 1 saturated heterocycles. The van der Waals surface area contributed by atoms with Crippen molar-refractivity contribution in [1.82, 2.24) is 4.90 Å². The number of carbonyl (C=O) groups excluding carboxylic acids is 4. The predicted octanol–water partition coefficient (Wildman–Crippen LogP) is 4.10. The molecular weight excluding hydrogens is 518 g/mol. The van der Waals surface area contributed by atoms with Crippen LogP contribution in [0.2, 0.25) is 0 Å². The Hall–Kier alpha value is -3.98. The average molecular weight is 546 g/mol. The van der Waals surface area contributed by atoms with Crippen molar-refractivity contribution in [2.45, 2.75) is 32.2 Å². The molecule has 0 unspecified atom stereocenters. The summed E-state index contributed by atoms with van der Waals surface area (Å²) >= 11 is 1.49. The molecule has 0 bridgehead atoms. The summed E-state index contributed by atoms with van der Waals surface area (Å²) in [7, 11) is 2.91. The molecule has 1 fully saturated rings. The number of ketones is 2. The summed E-state index contributed by atoms with van der Waals surface area (Å²) in [5.41, 5.74) is 2.34. The Morgan fingerprint density at radius 2 is 1.77 bits per heavy atom. The van der Waals surface area contributed by atoms with Crippen molar-refractivity contribution < 1.29 is 33.8 Å². The van der Waals surface area contributed by atoms with E-state index in [1.807, 2.05) is 23.6 Å². The number of aromatic hydroxyl groups is 1. The molecule has 2 amide bonds. The van der Waals surface area contributed by atoms with Gasteiger partial charge in [0.15, 0.2) is 11.6 Å². The van der Waals surface area contributed by atoms with E-state index in [4.69, 9.17) is 9.47 Å². The smallest absolute Gasteiger partial charge is 0.234 e. The van der Waals surface area contributed by atoms with Gasteiger partial charge >= 0.3 is 0 Å². The number of nitrogens with zero attached hydrogens (tertiary/aromatic N) is 1. The average Bonchev–Trinajstić information content (AvgIpc) is 3.53. The molecule has 1 aromatic carbocycles. The van der Waals surface area contributed by atoms with E-state index in [2.05, 4.69) is 0 Å². The number of imide groups is 1. The standard InChI is InChI=1S/C30H27NO7S/c1-14-9-21(33)25-20(28(14)34)12-19-17(26(25)27-22(37-2)10-15(32)11-23(27)38-3)6-7-18-24(19)30(36)31(29(18)35)13-16-5-4-8-39-16/h4-6,8-11,18-19,24,26,32H,7,12-13H2,1-3H3/t18-,19+,24-,26-/m0/s1. The monoisotopic (exact) mass is 545 g/mol. The molecule has 200 valence electrons. The number of methoxy groups -OCH3 is 2. The van der Waals surface area contributed by atoms with E-state index in [1.54, 1.807) is 6.92 Å². The van der Waals surface area contributed by atoms with Gasteiger partial charge in [-0.2, -0.15) is 0 Å². The number of benzene rings is 1. The molecule has 8 nitrogen and oxygen atoms in total. The fourth-order valence-corrected chi connectivity index (χ4v) is 7.40. The number of phenols is 1. The number of fused-ring (bicyclic) bond motifs is 3. The maximum Gasteiger partial charge on any atom is 0.234 e. The fraction of sp³-hybridized carbons (Fsp3) is 0.333. The summed E-state index contributed by atoms with van der Waals surface area (Å²) in [4.78, 5) is 56.6.